The van der Waals surface area contributed by atoms with Gasteiger partial charge in [0.25, 0.3) is 0 Å². The van der Waals surface area contributed by atoms with Crippen molar-refractivity contribution in [3.63, 3.8) is 0 Å². The van der Waals surface area contributed by atoms with Gasteiger partial charge in [-0.15, -0.1) is 0 Å². The molecular weight excluding hydrogens is 390 g/mol. The van der Waals surface area contributed by atoms with Crippen molar-refractivity contribution < 1.29 is 19.1 Å². The Labute approximate surface area is 180 Å². The van der Waals surface area contributed by atoms with Gasteiger partial charge >= 0.3 is 11.9 Å². The molecular formula is C26H21NO4. The van der Waals surface area contributed by atoms with E-state index in [-0.39, 0.29) is 17.6 Å². The minimum atomic E-state index is -0.518. The first-order valence-corrected chi connectivity index (χ1v) is 10.1. The summed E-state index contributed by atoms with van der Waals surface area (Å²) in [5.74, 6) is -0.108. The molecule has 1 aliphatic heterocycles. The van der Waals surface area contributed by atoms with Crippen LogP contribution in [0.1, 0.15) is 30.9 Å². The predicted molar refractivity (Wildman–Crippen MR) is 119 cm³/mol. The van der Waals surface area contributed by atoms with E-state index in [1.807, 2.05) is 61.5 Å². The summed E-state index contributed by atoms with van der Waals surface area (Å²) in [6, 6.07) is 24.7. The lowest BCUT2D eigenvalue weighted by Crippen LogP contribution is -2.06. The first kappa shape index (κ1) is 20.3. The van der Waals surface area contributed by atoms with Gasteiger partial charge in [0.1, 0.15) is 5.75 Å². The largest absolute Gasteiger partial charge is 0.427 e. The molecule has 1 aliphatic rings. The van der Waals surface area contributed by atoms with Crippen molar-refractivity contribution in [2.75, 3.05) is 0 Å². The molecule has 0 aromatic heterocycles. The van der Waals surface area contributed by atoms with Crippen LogP contribution in [0, 0.1) is 0 Å². The minimum Gasteiger partial charge on any atom is -0.427 e. The number of rotatable bonds is 6. The predicted octanol–water partition coefficient (Wildman–Crippen LogP) is 5.40. The minimum absolute atomic E-state index is 0.194. The van der Waals surface area contributed by atoms with Gasteiger partial charge in [-0.25, -0.2) is 9.79 Å². The highest BCUT2D eigenvalue weighted by molar-refractivity contribution is 6.13. The number of carbonyl (C=O) groups excluding carboxylic acids is 2. The molecule has 4 rings (SSSR count). The Bertz CT molecular complexity index is 1160. The highest BCUT2D eigenvalue weighted by atomic mass is 16.6. The van der Waals surface area contributed by atoms with E-state index >= 15 is 0 Å². The molecule has 5 nitrogen and oxygen atoms in total. The topological polar surface area (TPSA) is 65.0 Å². The van der Waals surface area contributed by atoms with Crippen molar-refractivity contribution in [1.29, 1.82) is 0 Å². The maximum Gasteiger partial charge on any atom is 0.363 e. The van der Waals surface area contributed by atoms with Crippen LogP contribution < -0.4 is 4.74 Å². The van der Waals surface area contributed by atoms with Gasteiger partial charge in [-0.1, -0.05) is 61.5 Å². The van der Waals surface area contributed by atoms with Crippen LogP contribution in [0.5, 0.6) is 5.75 Å². The zero-order chi connectivity index (χ0) is 21.6. The third-order valence-electron chi connectivity index (χ3n) is 4.71. The number of benzene rings is 3. The molecule has 0 N–H and O–H groups in total. The second-order valence-electron chi connectivity index (χ2n) is 7.08. The van der Waals surface area contributed by atoms with Crippen LogP contribution in [0.2, 0.25) is 0 Å². The smallest absolute Gasteiger partial charge is 0.363 e. The Balaban J connectivity index is 1.53. The molecule has 0 radical (unpaired) electrons. The standard InChI is InChI=1S/C26H21NO4/c1-2-7-24(28)30-22-11-6-8-18(16-22)17-23-26(29)31-25(27-23)21-14-12-20(13-15-21)19-9-4-3-5-10-19/h3-6,8-17H,2,7H2,1H3/b23-17-. The Kier molecular flexibility index (Phi) is 6.03. The zero-order valence-electron chi connectivity index (χ0n) is 17.1. The quantitative estimate of drug-likeness (QED) is 0.309. The first-order valence-electron chi connectivity index (χ1n) is 10.1. The van der Waals surface area contributed by atoms with Crippen LogP contribution in [0.25, 0.3) is 17.2 Å². The van der Waals surface area contributed by atoms with E-state index in [1.54, 1.807) is 30.3 Å². The Morgan fingerprint density at radius 1 is 0.935 bits per heavy atom. The summed E-state index contributed by atoms with van der Waals surface area (Å²) in [5.41, 5.74) is 3.79. The Morgan fingerprint density at radius 3 is 2.39 bits per heavy atom. The summed E-state index contributed by atoms with van der Waals surface area (Å²) < 4.78 is 10.7. The molecule has 0 saturated carbocycles. The third kappa shape index (κ3) is 4.95. The molecule has 0 spiro atoms. The van der Waals surface area contributed by atoms with E-state index in [9.17, 15) is 9.59 Å². The summed E-state index contributed by atoms with van der Waals surface area (Å²) in [5, 5.41) is 0. The van der Waals surface area contributed by atoms with Gasteiger partial charge in [0.2, 0.25) is 5.90 Å². The molecule has 0 atom stereocenters. The van der Waals surface area contributed by atoms with Crippen LogP contribution in [-0.4, -0.2) is 17.8 Å². The van der Waals surface area contributed by atoms with Gasteiger partial charge in [0.15, 0.2) is 5.70 Å². The van der Waals surface area contributed by atoms with Crippen molar-refractivity contribution in [2.24, 2.45) is 4.99 Å². The van der Waals surface area contributed by atoms with Crippen molar-refractivity contribution in [3.05, 3.63) is 95.7 Å². The van der Waals surface area contributed by atoms with Crippen LogP contribution in [0.3, 0.4) is 0 Å². The van der Waals surface area contributed by atoms with Crippen molar-refractivity contribution in [3.8, 4) is 16.9 Å². The van der Waals surface area contributed by atoms with E-state index in [0.717, 1.165) is 23.1 Å². The fourth-order valence-corrected chi connectivity index (χ4v) is 3.18. The monoisotopic (exact) mass is 411 g/mol. The lowest BCUT2D eigenvalue weighted by atomic mass is 10.0. The highest BCUT2D eigenvalue weighted by Crippen LogP contribution is 2.24. The van der Waals surface area contributed by atoms with Crippen molar-refractivity contribution >= 4 is 23.9 Å². The maximum atomic E-state index is 12.3. The molecule has 5 heteroatoms. The van der Waals surface area contributed by atoms with Crippen LogP contribution in [-0.2, 0) is 14.3 Å². The van der Waals surface area contributed by atoms with Gasteiger partial charge in [0, 0.05) is 12.0 Å². The fraction of sp³-hybridized carbons (Fsp3) is 0.115. The molecule has 3 aromatic carbocycles. The van der Waals surface area contributed by atoms with Gasteiger partial charge in [0.05, 0.1) is 0 Å². The highest BCUT2D eigenvalue weighted by Gasteiger charge is 2.24. The number of ether oxygens (including phenoxy) is 2. The molecule has 3 aromatic rings. The number of hydrogen-bond acceptors (Lipinski definition) is 5. The summed E-state index contributed by atoms with van der Waals surface area (Å²) in [7, 11) is 0. The second kappa shape index (κ2) is 9.22. The van der Waals surface area contributed by atoms with Crippen LogP contribution in [0.15, 0.2) is 89.6 Å². The van der Waals surface area contributed by atoms with E-state index in [2.05, 4.69) is 4.99 Å². The van der Waals surface area contributed by atoms with Crippen LogP contribution >= 0.6 is 0 Å². The molecule has 31 heavy (non-hydrogen) atoms. The van der Waals surface area contributed by atoms with Gasteiger partial charge < -0.3 is 9.47 Å². The molecule has 1 heterocycles. The molecule has 0 amide bonds. The average Bonchev–Trinajstić information content (AvgIpc) is 3.15. The lowest BCUT2D eigenvalue weighted by molar-refractivity contribution is -0.134. The fourth-order valence-electron chi connectivity index (χ4n) is 3.18. The number of esters is 2. The van der Waals surface area contributed by atoms with Gasteiger partial charge in [-0.3, -0.25) is 4.79 Å². The number of carbonyl (C=O) groups is 2. The van der Waals surface area contributed by atoms with Crippen molar-refractivity contribution in [2.45, 2.75) is 19.8 Å². The third-order valence-corrected chi connectivity index (χ3v) is 4.71. The molecule has 0 saturated heterocycles. The second-order valence-corrected chi connectivity index (χ2v) is 7.08. The Hall–Kier alpha value is -3.99. The molecule has 0 bridgehead atoms. The molecule has 0 fully saturated rings. The SMILES string of the molecule is CCCC(=O)Oc1cccc(/C=C2\N=C(c3ccc(-c4ccccc4)cc3)OC2=O)c1. The summed E-state index contributed by atoms with van der Waals surface area (Å²) in [6.45, 7) is 1.92. The summed E-state index contributed by atoms with van der Waals surface area (Å²) in [4.78, 5) is 28.4. The number of nitrogens with zero attached hydrogens (tertiary/aromatic N) is 1. The molecule has 0 unspecified atom stereocenters. The van der Waals surface area contributed by atoms with Crippen molar-refractivity contribution in [1.82, 2.24) is 0 Å². The molecule has 0 aliphatic carbocycles. The van der Waals surface area contributed by atoms with E-state index in [1.165, 1.54) is 0 Å². The average molecular weight is 411 g/mol. The van der Waals surface area contributed by atoms with E-state index in [0.29, 0.717) is 17.7 Å². The maximum absolute atomic E-state index is 12.3. The van der Waals surface area contributed by atoms with E-state index < -0.39 is 5.97 Å². The number of cyclic esters (lactones) is 1. The Morgan fingerprint density at radius 2 is 1.65 bits per heavy atom. The number of aliphatic imine (C=N–C) groups is 1. The zero-order valence-corrected chi connectivity index (χ0v) is 17.1. The number of hydrogen-bond donors (Lipinski definition) is 0. The van der Waals surface area contributed by atoms with E-state index in [4.69, 9.17) is 9.47 Å². The summed E-state index contributed by atoms with van der Waals surface area (Å²) >= 11 is 0. The van der Waals surface area contributed by atoms with Crippen LogP contribution in [0.4, 0.5) is 0 Å². The normalized spacial score (nSPS) is 14.3. The van der Waals surface area contributed by atoms with Gasteiger partial charge in [-0.2, -0.15) is 0 Å². The first-order chi connectivity index (χ1) is 15.1. The van der Waals surface area contributed by atoms with Gasteiger partial charge in [-0.05, 0) is 53.5 Å². The molecule has 154 valence electrons. The summed E-state index contributed by atoms with van der Waals surface area (Å²) in [6.07, 6.45) is 2.69. The lowest BCUT2D eigenvalue weighted by Gasteiger charge is -2.04.